The van der Waals surface area contributed by atoms with E-state index in [4.69, 9.17) is 9.47 Å². The molecule has 6 heteroatoms. The molecule has 6 nitrogen and oxygen atoms in total. The minimum absolute atomic E-state index is 0.00626. The monoisotopic (exact) mass is 348 g/mol. The second-order valence-electron chi connectivity index (χ2n) is 7.25. The maximum atomic E-state index is 12.5. The number of hydrogen-bond donors (Lipinski definition) is 1. The molecule has 0 aromatic heterocycles. The average molecular weight is 348 g/mol. The van der Waals surface area contributed by atoms with Gasteiger partial charge in [-0.1, -0.05) is 13.0 Å². The number of nitrogens with zero attached hydrogens (tertiary/aromatic N) is 1. The van der Waals surface area contributed by atoms with Gasteiger partial charge in [-0.3, -0.25) is 9.69 Å². The van der Waals surface area contributed by atoms with Crippen LogP contribution < -0.4 is 10.2 Å². The number of carbonyl (C=O) groups excluding carboxylic acids is 2. The van der Waals surface area contributed by atoms with Crippen LogP contribution in [0, 0.1) is 0 Å². The van der Waals surface area contributed by atoms with Crippen LogP contribution in [0.5, 0.6) is 0 Å². The van der Waals surface area contributed by atoms with Crippen molar-refractivity contribution in [2.24, 2.45) is 0 Å². The SMILES string of the molecule is CCOC(=O)CC(C)c1ccc2c(c1)N(C(=O)OC(C)(C)C)CCN2. The summed E-state index contributed by atoms with van der Waals surface area (Å²) >= 11 is 0. The molecule has 1 aliphatic heterocycles. The molecule has 0 aliphatic carbocycles. The van der Waals surface area contributed by atoms with Crippen molar-refractivity contribution in [1.82, 2.24) is 0 Å². The van der Waals surface area contributed by atoms with E-state index in [0.29, 0.717) is 26.1 Å². The highest BCUT2D eigenvalue weighted by Crippen LogP contribution is 2.34. The summed E-state index contributed by atoms with van der Waals surface area (Å²) < 4.78 is 10.5. The maximum absolute atomic E-state index is 12.5. The fraction of sp³-hybridized carbons (Fsp3) is 0.579. The molecular weight excluding hydrogens is 320 g/mol. The first-order valence-electron chi connectivity index (χ1n) is 8.75. The summed E-state index contributed by atoms with van der Waals surface area (Å²) in [4.78, 5) is 25.9. The highest BCUT2D eigenvalue weighted by molar-refractivity contribution is 5.93. The van der Waals surface area contributed by atoms with Gasteiger partial charge in [0, 0.05) is 13.1 Å². The molecule has 1 aromatic carbocycles. The average Bonchev–Trinajstić information content (AvgIpc) is 2.52. The number of esters is 1. The molecule has 1 aromatic rings. The lowest BCUT2D eigenvalue weighted by Gasteiger charge is -2.33. The largest absolute Gasteiger partial charge is 0.466 e. The third-order valence-electron chi connectivity index (χ3n) is 3.92. The molecule has 138 valence electrons. The molecule has 1 atom stereocenters. The van der Waals surface area contributed by atoms with E-state index >= 15 is 0 Å². The van der Waals surface area contributed by atoms with E-state index in [1.165, 1.54) is 0 Å². The molecule has 1 N–H and O–H groups in total. The molecule has 0 saturated carbocycles. The zero-order valence-corrected chi connectivity index (χ0v) is 15.7. The molecule has 0 fully saturated rings. The molecule has 1 heterocycles. The lowest BCUT2D eigenvalue weighted by molar-refractivity contribution is -0.143. The molecule has 2 rings (SSSR count). The molecule has 25 heavy (non-hydrogen) atoms. The number of fused-ring (bicyclic) bond motifs is 1. The third kappa shape index (κ3) is 5.11. The Bertz CT molecular complexity index is 637. The summed E-state index contributed by atoms with van der Waals surface area (Å²) in [5.74, 6) is -0.207. The Morgan fingerprint density at radius 3 is 2.68 bits per heavy atom. The predicted octanol–water partition coefficient (Wildman–Crippen LogP) is 3.91. The zero-order valence-electron chi connectivity index (χ0n) is 15.7. The molecule has 1 aliphatic rings. The predicted molar refractivity (Wildman–Crippen MR) is 98.2 cm³/mol. The topological polar surface area (TPSA) is 67.9 Å². The summed E-state index contributed by atoms with van der Waals surface area (Å²) in [6, 6.07) is 5.88. The Balaban J connectivity index is 2.22. The van der Waals surface area contributed by atoms with Crippen molar-refractivity contribution in [2.75, 3.05) is 29.9 Å². The van der Waals surface area contributed by atoms with E-state index in [0.717, 1.165) is 16.9 Å². The molecule has 1 unspecified atom stereocenters. The standard InChI is InChI=1S/C19H28N2O4/c1-6-24-17(22)11-13(2)14-7-8-15-16(12-14)21(10-9-20-15)18(23)25-19(3,4)5/h7-8,12-13,20H,6,9-11H2,1-5H3. The molecule has 1 amide bonds. The van der Waals surface area contributed by atoms with Crippen LogP contribution in [0.25, 0.3) is 0 Å². The quantitative estimate of drug-likeness (QED) is 0.836. The van der Waals surface area contributed by atoms with Crippen molar-refractivity contribution in [1.29, 1.82) is 0 Å². The van der Waals surface area contributed by atoms with Crippen LogP contribution >= 0.6 is 0 Å². The number of amides is 1. The van der Waals surface area contributed by atoms with Gasteiger partial charge >= 0.3 is 12.1 Å². The number of ether oxygens (including phenoxy) is 2. The lowest BCUT2D eigenvalue weighted by atomic mass is 9.96. The molecule has 0 saturated heterocycles. The van der Waals surface area contributed by atoms with Gasteiger partial charge < -0.3 is 14.8 Å². The zero-order chi connectivity index (χ0) is 18.6. The summed E-state index contributed by atoms with van der Waals surface area (Å²) in [6.45, 7) is 10.9. The molecule has 0 spiro atoms. The van der Waals surface area contributed by atoms with E-state index in [2.05, 4.69) is 5.32 Å². The van der Waals surface area contributed by atoms with Crippen molar-refractivity contribution in [3.05, 3.63) is 23.8 Å². The van der Waals surface area contributed by atoms with Gasteiger partial charge in [0.1, 0.15) is 5.60 Å². The van der Waals surface area contributed by atoms with Gasteiger partial charge in [-0.25, -0.2) is 4.79 Å². The lowest BCUT2D eigenvalue weighted by Crippen LogP contribution is -2.42. The Morgan fingerprint density at radius 2 is 2.04 bits per heavy atom. The number of hydrogen-bond acceptors (Lipinski definition) is 5. The summed E-state index contributed by atoms with van der Waals surface area (Å²) in [5.41, 5.74) is 2.12. The number of anilines is 2. The molecule has 0 radical (unpaired) electrons. The van der Waals surface area contributed by atoms with Crippen molar-refractivity contribution >= 4 is 23.4 Å². The number of nitrogens with one attached hydrogen (secondary N) is 1. The summed E-state index contributed by atoms with van der Waals surface area (Å²) in [5, 5.41) is 3.30. The normalized spacial score (nSPS) is 15.0. The Labute approximate surface area is 149 Å². The van der Waals surface area contributed by atoms with Crippen LogP contribution in [0.15, 0.2) is 18.2 Å². The van der Waals surface area contributed by atoms with E-state index in [1.807, 2.05) is 45.9 Å². The first-order valence-corrected chi connectivity index (χ1v) is 8.75. The molecular formula is C19H28N2O4. The van der Waals surface area contributed by atoms with Crippen molar-refractivity contribution in [3.8, 4) is 0 Å². The fourth-order valence-electron chi connectivity index (χ4n) is 2.75. The summed E-state index contributed by atoms with van der Waals surface area (Å²) in [6.07, 6.45) is -0.0441. The van der Waals surface area contributed by atoms with E-state index in [1.54, 1.807) is 11.8 Å². The Kier molecular flexibility index (Phi) is 5.93. The van der Waals surface area contributed by atoms with Gasteiger partial charge in [0.15, 0.2) is 0 Å². The first-order chi connectivity index (χ1) is 11.7. The van der Waals surface area contributed by atoms with Crippen LogP contribution in [0.4, 0.5) is 16.2 Å². The third-order valence-corrected chi connectivity index (χ3v) is 3.92. The van der Waals surface area contributed by atoms with Crippen LogP contribution in [-0.2, 0) is 14.3 Å². The van der Waals surface area contributed by atoms with Crippen molar-refractivity contribution in [2.45, 2.75) is 52.6 Å². The van der Waals surface area contributed by atoms with Crippen molar-refractivity contribution < 1.29 is 19.1 Å². The highest BCUT2D eigenvalue weighted by atomic mass is 16.6. The van der Waals surface area contributed by atoms with Crippen LogP contribution in [0.2, 0.25) is 0 Å². The summed E-state index contributed by atoms with van der Waals surface area (Å²) in [7, 11) is 0. The minimum atomic E-state index is -0.545. The van der Waals surface area contributed by atoms with Crippen LogP contribution in [0.3, 0.4) is 0 Å². The van der Waals surface area contributed by atoms with Gasteiger partial charge in [-0.2, -0.15) is 0 Å². The van der Waals surface area contributed by atoms with Gasteiger partial charge in [0.2, 0.25) is 0 Å². The van der Waals surface area contributed by atoms with Gasteiger partial charge in [0.05, 0.1) is 24.4 Å². The smallest absolute Gasteiger partial charge is 0.414 e. The highest BCUT2D eigenvalue weighted by Gasteiger charge is 2.28. The van der Waals surface area contributed by atoms with E-state index in [9.17, 15) is 9.59 Å². The Morgan fingerprint density at radius 1 is 1.32 bits per heavy atom. The van der Waals surface area contributed by atoms with E-state index < -0.39 is 5.60 Å². The Hall–Kier alpha value is -2.24. The first kappa shape index (κ1) is 19.1. The second-order valence-corrected chi connectivity index (χ2v) is 7.25. The van der Waals surface area contributed by atoms with Gasteiger partial charge in [0.25, 0.3) is 0 Å². The van der Waals surface area contributed by atoms with Gasteiger partial charge in [-0.05, 0) is 51.3 Å². The number of carbonyl (C=O) groups is 2. The van der Waals surface area contributed by atoms with Gasteiger partial charge in [-0.15, -0.1) is 0 Å². The second kappa shape index (κ2) is 7.76. The van der Waals surface area contributed by atoms with Crippen LogP contribution in [0.1, 0.15) is 52.5 Å². The maximum Gasteiger partial charge on any atom is 0.414 e. The number of rotatable bonds is 4. The fourth-order valence-corrected chi connectivity index (χ4v) is 2.75. The minimum Gasteiger partial charge on any atom is -0.466 e. The number of benzene rings is 1. The molecule has 0 bridgehead atoms. The van der Waals surface area contributed by atoms with Crippen LogP contribution in [-0.4, -0.2) is 37.4 Å². The van der Waals surface area contributed by atoms with Crippen molar-refractivity contribution in [3.63, 3.8) is 0 Å². The van der Waals surface area contributed by atoms with E-state index in [-0.39, 0.29) is 18.0 Å².